The lowest BCUT2D eigenvalue weighted by Crippen LogP contribution is -2.28. The number of carbonyl (C=O) groups excluding carboxylic acids is 1. The molecule has 1 atom stereocenters. The molecule has 8 heteroatoms. The molecule has 1 amide bonds. The summed E-state index contributed by atoms with van der Waals surface area (Å²) in [6.45, 7) is 10.3. The van der Waals surface area contributed by atoms with Crippen molar-refractivity contribution in [2.24, 2.45) is 5.92 Å². The zero-order chi connectivity index (χ0) is 28.2. The molecule has 4 rings (SSSR count). The highest BCUT2D eigenvalue weighted by molar-refractivity contribution is 7.90. The Morgan fingerprint density at radius 1 is 1.15 bits per heavy atom. The van der Waals surface area contributed by atoms with Crippen LogP contribution in [0.4, 0.5) is 5.69 Å². The van der Waals surface area contributed by atoms with Crippen molar-refractivity contribution in [1.82, 2.24) is 10.3 Å². The Morgan fingerprint density at radius 2 is 1.90 bits per heavy atom. The Bertz CT molecular complexity index is 1310. The number of rotatable bonds is 8. The molecule has 3 aromatic rings. The fourth-order valence-electron chi connectivity index (χ4n) is 4.74. The maximum absolute atomic E-state index is 13.4. The summed E-state index contributed by atoms with van der Waals surface area (Å²) in [5.74, 6) is 2.02. The molecule has 0 aliphatic carbocycles. The Hall–Kier alpha value is -3.07. The molecule has 1 saturated heterocycles. The van der Waals surface area contributed by atoms with E-state index in [4.69, 9.17) is 9.47 Å². The van der Waals surface area contributed by atoms with Crippen LogP contribution in [0.2, 0.25) is 0 Å². The first-order chi connectivity index (χ1) is 18.5. The fraction of sp³-hybridized carbons (Fsp3) is 0.419. The number of pyridine rings is 1. The van der Waals surface area contributed by atoms with Crippen LogP contribution in [0.5, 0.6) is 17.2 Å². The molecule has 0 bridgehead atoms. The SMILES string of the molecule is COc1c(NC(=O)c2ccc(C)c(Oc3ccnc(CC4CCNCC4)c3)c2)cc(C(C)(C)C)cc1[S+](C)[O-]. The number of hydrogen-bond donors (Lipinski definition) is 2. The molecule has 1 aromatic heterocycles. The first kappa shape index (κ1) is 28.9. The number of hydrogen-bond acceptors (Lipinski definition) is 6. The number of amides is 1. The molecular formula is C31H39N3O4S. The summed E-state index contributed by atoms with van der Waals surface area (Å²) >= 11 is -1.29. The van der Waals surface area contributed by atoms with E-state index in [9.17, 15) is 9.35 Å². The minimum absolute atomic E-state index is 0.206. The largest absolute Gasteiger partial charge is 0.612 e. The van der Waals surface area contributed by atoms with Gasteiger partial charge in [-0.05, 0) is 97.2 Å². The van der Waals surface area contributed by atoms with E-state index in [2.05, 4.69) is 36.4 Å². The Balaban J connectivity index is 1.56. The number of ether oxygens (including phenoxy) is 2. The molecule has 2 aromatic carbocycles. The number of benzene rings is 2. The van der Waals surface area contributed by atoms with Crippen molar-refractivity contribution in [2.45, 2.75) is 57.3 Å². The van der Waals surface area contributed by atoms with Crippen LogP contribution >= 0.6 is 0 Å². The van der Waals surface area contributed by atoms with E-state index >= 15 is 0 Å². The van der Waals surface area contributed by atoms with Crippen LogP contribution in [-0.4, -0.2) is 41.9 Å². The Labute approximate surface area is 234 Å². The average molecular weight is 550 g/mol. The maximum atomic E-state index is 13.4. The van der Waals surface area contributed by atoms with Gasteiger partial charge in [0, 0.05) is 29.6 Å². The molecule has 1 aliphatic rings. The molecule has 7 nitrogen and oxygen atoms in total. The average Bonchev–Trinajstić information content (AvgIpc) is 2.89. The quantitative estimate of drug-likeness (QED) is 0.334. The summed E-state index contributed by atoms with van der Waals surface area (Å²) in [7, 11) is 1.52. The van der Waals surface area contributed by atoms with E-state index in [-0.39, 0.29) is 11.3 Å². The van der Waals surface area contributed by atoms with Crippen LogP contribution < -0.4 is 20.1 Å². The Morgan fingerprint density at radius 3 is 2.56 bits per heavy atom. The van der Waals surface area contributed by atoms with Gasteiger partial charge in [-0.1, -0.05) is 26.8 Å². The number of aromatic nitrogens is 1. The fourth-order valence-corrected chi connectivity index (χ4v) is 5.48. The predicted octanol–water partition coefficient (Wildman–Crippen LogP) is 6.02. The van der Waals surface area contributed by atoms with Crippen molar-refractivity contribution in [2.75, 3.05) is 31.8 Å². The smallest absolute Gasteiger partial charge is 0.255 e. The summed E-state index contributed by atoms with van der Waals surface area (Å²) in [5, 5.41) is 6.39. The number of anilines is 1. The van der Waals surface area contributed by atoms with Gasteiger partial charge in [0.15, 0.2) is 10.6 Å². The monoisotopic (exact) mass is 549 g/mol. The molecule has 2 heterocycles. The molecule has 0 radical (unpaired) electrons. The zero-order valence-electron chi connectivity index (χ0n) is 23.7. The highest BCUT2D eigenvalue weighted by atomic mass is 32.2. The normalized spacial score (nSPS) is 15.1. The van der Waals surface area contributed by atoms with Gasteiger partial charge in [-0.3, -0.25) is 9.78 Å². The zero-order valence-corrected chi connectivity index (χ0v) is 24.5. The number of nitrogens with one attached hydrogen (secondary N) is 2. The van der Waals surface area contributed by atoms with Gasteiger partial charge in [-0.2, -0.15) is 0 Å². The second-order valence-corrected chi connectivity index (χ2v) is 12.5. The molecule has 0 spiro atoms. The number of piperidine rings is 1. The van der Waals surface area contributed by atoms with Crippen molar-refractivity contribution < 1.29 is 18.8 Å². The van der Waals surface area contributed by atoms with Crippen LogP contribution in [0.1, 0.15) is 60.8 Å². The second-order valence-electron chi connectivity index (χ2n) is 11.2. The summed E-state index contributed by atoms with van der Waals surface area (Å²) < 4.78 is 24.3. The van der Waals surface area contributed by atoms with Crippen molar-refractivity contribution in [1.29, 1.82) is 0 Å². The Kier molecular flexibility index (Phi) is 9.20. The van der Waals surface area contributed by atoms with Gasteiger partial charge in [0.1, 0.15) is 17.8 Å². The molecule has 208 valence electrons. The van der Waals surface area contributed by atoms with E-state index in [1.54, 1.807) is 24.6 Å². The van der Waals surface area contributed by atoms with E-state index in [0.29, 0.717) is 39.3 Å². The third-order valence-electron chi connectivity index (χ3n) is 7.11. The molecule has 1 fully saturated rings. The van der Waals surface area contributed by atoms with Crippen molar-refractivity contribution in [3.05, 3.63) is 71.0 Å². The van der Waals surface area contributed by atoms with Crippen LogP contribution in [0.25, 0.3) is 0 Å². The standard InChI is InChI=1S/C31H39N3O4S/c1-20-7-8-22(16-27(20)38-25-11-14-33-24(19-25)15-21-9-12-32-13-10-21)30(35)34-26-17-23(31(2,3)4)18-28(39(6)36)29(26)37-5/h7-8,11,14,16-19,21,32H,9-10,12-13,15H2,1-6H3,(H,34,35). The molecule has 2 N–H and O–H groups in total. The lowest BCUT2D eigenvalue weighted by atomic mass is 9.86. The predicted molar refractivity (Wildman–Crippen MR) is 157 cm³/mol. The van der Waals surface area contributed by atoms with Gasteiger partial charge >= 0.3 is 0 Å². The van der Waals surface area contributed by atoms with E-state index in [1.807, 2.05) is 37.3 Å². The number of nitrogens with zero attached hydrogens (tertiary/aromatic N) is 1. The maximum Gasteiger partial charge on any atom is 0.255 e. The van der Waals surface area contributed by atoms with E-state index < -0.39 is 11.2 Å². The summed E-state index contributed by atoms with van der Waals surface area (Å²) in [6, 6.07) is 13.0. The highest BCUT2D eigenvalue weighted by Crippen LogP contribution is 2.38. The van der Waals surface area contributed by atoms with Crippen LogP contribution in [0.3, 0.4) is 0 Å². The summed E-state index contributed by atoms with van der Waals surface area (Å²) in [4.78, 5) is 18.5. The second kappa shape index (κ2) is 12.4. The van der Waals surface area contributed by atoms with Crippen molar-refractivity contribution in [3.8, 4) is 17.2 Å². The van der Waals surface area contributed by atoms with Crippen LogP contribution in [0.15, 0.2) is 53.6 Å². The van der Waals surface area contributed by atoms with Gasteiger partial charge in [-0.25, -0.2) is 0 Å². The first-order valence-electron chi connectivity index (χ1n) is 13.4. The highest BCUT2D eigenvalue weighted by Gasteiger charge is 2.25. The number of aryl methyl sites for hydroxylation is 1. The first-order valence-corrected chi connectivity index (χ1v) is 14.9. The van der Waals surface area contributed by atoms with Crippen molar-refractivity contribution >= 4 is 22.8 Å². The van der Waals surface area contributed by atoms with Crippen LogP contribution in [-0.2, 0) is 23.0 Å². The van der Waals surface area contributed by atoms with Gasteiger partial charge in [0.2, 0.25) is 0 Å². The minimum atomic E-state index is -1.29. The van der Waals surface area contributed by atoms with E-state index in [0.717, 1.165) is 49.2 Å². The third-order valence-corrected chi connectivity index (χ3v) is 8.03. The van der Waals surface area contributed by atoms with Gasteiger partial charge in [0.25, 0.3) is 5.91 Å². The molecule has 1 unspecified atom stereocenters. The topological polar surface area (TPSA) is 95.5 Å². The molecule has 39 heavy (non-hydrogen) atoms. The lowest BCUT2D eigenvalue weighted by Gasteiger charge is -2.23. The van der Waals surface area contributed by atoms with E-state index in [1.165, 1.54) is 7.11 Å². The van der Waals surface area contributed by atoms with Gasteiger partial charge in [0.05, 0.1) is 12.8 Å². The molecular weight excluding hydrogens is 510 g/mol. The van der Waals surface area contributed by atoms with Crippen molar-refractivity contribution in [3.63, 3.8) is 0 Å². The molecule has 1 aliphatic heterocycles. The van der Waals surface area contributed by atoms with Gasteiger partial charge in [-0.15, -0.1) is 0 Å². The van der Waals surface area contributed by atoms with Gasteiger partial charge < -0.3 is 24.7 Å². The third kappa shape index (κ3) is 7.32. The molecule has 0 saturated carbocycles. The van der Waals surface area contributed by atoms with Crippen LogP contribution in [0, 0.1) is 12.8 Å². The summed E-state index contributed by atoms with van der Waals surface area (Å²) in [6.07, 6.45) is 6.63. The summed E-state index contributed by atoms with van der Waals surface area (Å²) in [5.41, 5.74) is 3.61. The lowest BCUT2D eigenvalue weighted by molar-refractivity contribution is 0.102. The minimum Gasteiger partial charge on any atom is -0.612 e. The number of carbonyl (C=O) groups is 1. The number of methoxy groups -OCH3 is 1.